The fourth-order valence-electron chi connectivity index (χ4n) is 2.65. The maximum atomic E-state index is 12.1. The molecule has 3 N–H and O–H groups in total. The first kappa shape index (κ1) is 21.0. The summed E-state index contributed by atoms with van der Waals surface area (Å²) < 4.78 is 0. The first-order valence-electron chi connectivity index (χ1n) is 9.64. The molecule has 0 aliphatic rings. The highest BCUT2D eigenvalue weighted by molar-refractivity contribution is 5.99. The minimum Gasteiger partial charge on any atom is -0.340 e. The predicted molar refractivity (Wildman–Crippen MR) is 123 cm³/mol. The third-order valence-corrected chi connectivity index (χ3v) is 4.13. The van der Waals surface area contributed by atoms with E-state index in [1.807, 2.05) is 86.6 Å². The van der Waals surface area contributed by atoms with E-state index in [0.29, 0.717) is 24.0 Å². The van der Waals surface area contributed by atoms with Crippen molar-refractivity contribution in [1.29, 1.82) is 0 Å². The summed E-state index contributed by atoms with van der Waals surface area (Å²) in [6.07, 6.45) is 5.13. The molecule has 0 saturated heterocycles. The standard InChI is InChI=1S/C23H26N6O/c1-17-16-24-23(27-18-9-5-4-6-10-18)28-22(17)26-20-12-7-11-19(15-20)25-21(30)13-8-14-29(2)3/h4-13,15-16H,14H2,1-3H3,(H,25,30)(H2,24,26,27,28). The van der Waals surface area contributed by atoms with Gasteiger partial charge in [-0.1, -0.05) is 30.3 Å². The number of anilines is 5. The molecule has 30 heavy (non-hydrogen) atoms. The number of rotatable bonds is 8. The Morgan fingerprint density at radius 1 is 1.00 bits per heavy atom. The van der Waals surface area contributed by atoms with Crippen LogP contribution in [0, 0.1) is 6.92 Å². The Balaban J connectivity index is 1.69. The van der Waals surface area contributed by atoms with Crippen LogP contribution in [0.2, 0.25) is 0 Å². The van der Waals surface area contributed by atoms with Gasteiger partial charge in [0.2, 0.25) is 11.9 Å². The minimum absolute atomic E-state index is 0.165. The SMILES string of the molecule is Cc1cnc(Nc2ccccc2)nc1Nc1cccc(NC(=O)C=CCN(C)C)c1. The fourth-order valence-corrected chi connectivity index (χ4v) is 2.65. The van der Waals surface area contributed by atoms with Crippen molar-refractivity contribution < 1.29 is 4.79 Å². The number of benzene rings is 2. The van der Waals surface area contributed by atoms with Crippen molar-refractivity contribution in [3.05, 3.63) is 78.5 Å². The van der Waals surface area contributed by atoms with Crippen molar-refractivity contribution in [3.63, 3.8) is 0 Å². The number of amides is 1. The molecule has 0 radical (unpaired) electrons. The van der Waals surface area contributed by atoms with Gasteiger partial charge in [0.05, 0.1) is 0 Å². The molecule has 0 aliphatic heterocycles. The van der Waals surface area contributed by atoms with Gasteiger partial charge in [-0.3, -0.25) is 4.79 Å². The van der Waals surface area contributed by atoms with E-state index in [0.717, 1.165) is 16.9 Å². The van der Waals surface area contributed by atoms with Gasteiger partial charge in [0.25, 0.3) is 0 Å². The van der Waals surface area contributed by atoms with Crippen LogP contribution >= 0.6 is 0 Å². The maximum absolute atomic E-state index is 12.1. The van der Waals surface area contributed by atoms with Crippen LogP contribution in [0.5, 0.6) is 0 Å². The highest BCUT2D eigenvalue weighted by atomic mass is 16.1. The van der Waals surface area contributed by atoms with Crippen LogP contribution < -0.4 is 16.0 Å². The normalized spacial score (nSPS) is 10.9. The number of carbonyl (C=O) groups is 1. The van der Waals surface area contributed by atoms with Gasteiger partial charge in [0.15, 0.2) is 0 Å². The summed E-state index contributed by atoms with van der Waals surface area (Å²) in [5.41, 5.74) is 3.35. The number of likely N-dealkylation sites (N-methyl/N-ethyl adjacent to an activating group) is 1. The topological polar surface area (TPSA) is 82.2 Å². The van der Waals surface area contributed by atoms with Crippen molar-refractivity contribution in [1.82, 2.24) is 14.9 Å². The summed E-state index contributed by atoms with van der Waals surface area (Å²) in [7, 11) is 3.90. The molecular formula is C23H26N6O. The second-order valence-corrected chi connectivity index (χ2v) is 7.08. The number of aromatic nitrogens is 2. The van der Waals surface area contributed by atoms with E-state index >= 15 is 0 Å². The van der Waals surface area contributed by atoms with Crippen molar-refractivity contribution in [2.24, 2.45) is 0 Å². The van der Waals surface area contributed by atoms with Crippen LogP contribution in [0.25, 0.3) is 0 Å². The number of nitrogens with zero attached hydrogens (tertiary/aromatic N) is 3. The largest absolute Gasteiger partial charge is 0.340 e. The Hall–Kier alpha value is -3.71. The molecule has 0 saturated carbocycles. The highest BCUT2D eigenvalue weighted by Crippen LogP contribution is 2.23. The second-order valence-electron chi connectivity index (χ2n) is 7.08. The summed E-state index contributed by atoms with van der Waals surface area (Å²) in [6, 6.07) is 17.3. The first-order chi connectivity index (χ1) is 14.5. The smallest absolute Gasteiger partial charge is 0.248 e. The molecule has 1 amide bonds. The Morgan fingerprint density at radius 3 is 2.50 bits per heavy atom. The molecule has 154 valence electrons. The van der Waals surface area contributed by atoms with E-state index < -0.39 is 0 Å². The van der Waals surface area contributed by atoms with E-state index in [-0.39, 0.29) is 5.91 Å². The summed E-state index contributed by atoms with van der Waals surface area (Å²) >= 11 is 0. The lowest BCUT2D eigenvalue weighted by Crippen LogP contribution is -2.13. The molecule has 7 nitrogen and oxygen atoms in total. The number of aryl methyl sites for hydroxylation is 1. The van der Waals surface area contributed by atoms with Crippen LogP contribution in [0.4, 0.5) is 28.8 Å². The van der Waals surface area contributed by atoms with Crippen LogP contribution in [0.3, 0.4) is 0 Å². The average molecular weight is 403 g/mol. The van der Waals surface area contributed by atoms with Gasteiger partial charge in [0, 0.05) is 41.4 Å². The summed E-state index contributed by atoms with van der Waals surface area (Å²) in [5.74, 6) is 1.03. The van der Waals surface area contributed by atoms with Crippen LogP contribution in [0.15, 0.2) is 72.9 Å². The molecule has 1 heterocycles. The Kier molecular flexibility index (Phi) is 7.13. The average Bonchev–Trinajstić information content (AvgIpc) is 2.71. The lowest BCUT2D eigenvalue weighted by Gasteiger charge is -2.12. The van der Waals surface area contributed by atoms with Gasteiger partial charge in [-0.25, -0.2) is 4.98 Å². The zero-order valence-electron chi connectivity index (χ0n) is 17.4. The van der Waals surface area contributed by atoms with Gasteiger partial charge in [0.1, 0.15) is 5.82 Å². The molecule has 7 heteroatoms. The lowest BCUT2D eigenvalue weighted by molar-refractivity contribution is -0.111. The van der Waals surface area contributed by atoms with Crippen molar-refractivity contribution >= 4 is 34.7 Å². The fraction of sp³-hybridized carbons (Fsp3) is 0.174. The third kappa shape index (κ3) is 6.42. The molecule has 1 aromatic heterocycles. The molecule has 0 unspecified atom stereocenters. The van der Waals surface area contributed by atoms with E-state index in [1.165, 1.54) is 6.08 Å². The molecule has 0 fully saturated rings. The van der Waals surface area contributed by atoms with E-state index in [9.17, 15) is 4.79 Å². The lowest BCUT2D eigenvalue weighted by atomic mass is 10.2. The number of hydrogen-bond acceptors (Lipinski definition) is 6. The molecule has 0 bridgehead atoms. The molecule has 0 aliphatic carbocycles. The second kappa shape index (κ2) is 10.2. The van der Waals surface area contributed by atoms with Crippen molar-refractivity contribution in [2.45, 2.75) is 6.92 Å². The number of nitrogens with one attached hydrogen (secondary N) is 3. The zero-order valence-corrected chi connectivity index (χ0v) is 17.4. The highest BCUT2D eigenvalue weighted by Gasteiger charge is 2.06. The number of para-hydroxylation sites is 1. The first-order valence-corrected chi connectivity index (χ1v) is 9.64. The Labute approximate surface area is 176 Å². The van der Waals surface area contributed by atoms with Crippen LogP contribution in [-0.4, -0.2) is 41.4 Å². The Bertz CT molecular complexity index is 1020. The summed E-state index contributed by atoms with van der Waals surface area (Å²) in [4.78, 5) is 23.0. The van der Waals surface area contributed by atoms with Gasteiger partial charge in [-0.05, 0) is 51.4 Å². The van der Waals surface area contributed by atoms with Crippen LogP contribution in [-0.2, 0) is 4.79 Å². The van der Waals surface area contributed by atoms with E-state index in [1.54, 1.807) is 6.20 Å². The van der Waals surface area contributed by atoms with E-state index in [2.05, 4.69) is 25.9 Å². The Morgan fingerprint density at radius 2 is 1.73 bits per heavy atom. The predicted octanol–water partition coefficient (Wildman–Crippen LogP) is 4.33. The molecule has 0 spiro atoms. The third-order valence-electron chi connectivity index (χ3n) is 4.13. The molecule has 0 atom stereocenters. The summed E-state index contributed by atoms with van der Waals surface area (Å²) in [5, 5.41) is 9.37. The monoisotopic (exact) mass is 402 g/mol. The van der Waals surface area contributed by atoms with Gasteiger partial charge >= 0.3 is 0 Å². The molecule has 3 aromatic rings. The number of hydrogen-bond donors (Lipinski definition) is 3. The van der Waals surface area contributed by atoms with Crippen molar-refractivity contribution in [2.75, 3.05) is 36.6 Å². The van der Waals surface area contributed by atoms with E-state index in [4.69, 9.17) is 0 Å². The zero-order chi connectivity index (χ0) is 21.3. The maximum Gasteiger partial charge on any atom is 0.248 e. The summed E-state index contributed by atoms with van der Waals surface area (Å²) in [6.45, 7) is 2.65. The number of carbonyl (C=O) groups excluding carboxylic acids is 1. The van der Waals surface area contributed by atoms with Gasteiger partial charge in [-0.15, -0.1) is 0 Å². The molecular weight excluding hydrogens is 376 g/mol. The molecule has 3 rings (SSSR count). The quantitative estimate of drug-likeness (QED) is 0.487. The minimum atomic E-state index is -0.165. The van der Waals surface area contributed by atoms with Crippen molar-refractivity contribution in [3.8, 4) is 0 Å². The van der Waals surface area contributed by atoms with Gasteiger partial charge < -0.3 is 20.9 Å². The molecule has 2 aromatic carbocycles. The van der Waals surface area contributed by atoms with Gasteiger partial charge in [-0.2, -0.15) is 4.98 Å². The van der Waals surface area contributed by atoms with Crippen LogP contribution in [0.1, 0.15) is 5.56 Å².